The molecule has 0 saturated carbocycles. The number of carbonyl (C=O) groups excluding carboxylic acids is 2. The van der Waals surface area contributed by atoms with Gasteiger partial charge in [0.1, 0.15) is 12.6 Å². The summed E-state index contributed by atoms with van der Waals surface area (Å²) in [5.74, 6) is -0.785. The summed E-state index contributed by atoms with van der Waals surface area (Å²) in [6.07, 6.45) is 1.06. The van der Waals surface area contributed by atoms with Crippen LogP contribution in [-0.2, 0) is 26.2 Å². The standard InChI is InChI=1S/C23H30BrN3O4S/c1-17(22(29)25-23(2,3)4)26(15-18-11-13-19(24)14-12-18)21(28)16-27(32(5,30)31)20-9-7-6-8-10-20/h6-14,17H,15-16H2,1-5H3,(H,25,29)/t17-/m1/s1. The van der Waals surface area contributed by atoms with Gasteiger partial charge in [0.05, 0.1) is 11.9 Å². The van der Waals surface area contributed by atoms with Crippen LogP contribution in [0, 0.1) is 0 Å². The van der Waals surface area contributed by atoms with Crippen LogP contribution in [0.1, 0.15) is 33.3 Å². The molecule has 1 N–H and O–H groups in total. The molecule has 0 aliphatic rings. The number of sulfonamides is 1. The Morgan fingerprint density at radius 2 is 1.59 bits per heavy atom. The highest BCUT2D eigenvalue weighted by Gasteiger charge is 2.31. The number of hydrogen-bond donors (Lipinski definition) is 1. The van der Waals surface area contributed by atoms with E-state index in [1.807, 2.05) is 45.0 Å². The molecule has 1 atom stereocenters. The second-order valence-corrected chi connectivity index (χ2v) is 11.5. The first-order chi connectivity index (χ1) is 14.8. The minimum Gasteiger partial charge on any atom is -0.350 e. The van der Waals surface area contributed by atoms with Crippen molar-refractivity contribution in [2.45, 2.75) is 45.8 Å². The summed E-state index contributed by atoms with van der Waals surface area (Å²) in [5, 5.41) is 2.89. The van der Waals surface area contributed by atoms with E-state index < -0.39 is 34.1 Å². The van der Waals surface area contributed by atoms with E-state index >= 15 is 0 Å². The topological polar surface area (TPSA) is 86.8 Å². The van der Waals surface area contributed by atoms with E-state index in [4.69, 9.17) is 0 Å². The monoisotopic (exact) mass is 523 g/mol. The molecule has 0 heterocycles. The van der Waals surface area contributed by atoms with Gasteiger partial charge in [-0.05, 0) is 57.5 Å². The Morgan fingerprint density at radius 3 is 2.09 bits per heavy atom. The molecule has 32 heavy (non-hydrogen) atoms. The number of para-hydroxylation sites is 1. The number of nitrogens with one attached hydrogen (secondary N) is 1. The number of anilines is 1. The van der Waals surface area contributed by atoms with Crippen LogP contribution in [-0.4, -0.2) is 49.5 Å². The molecule has 7 nitrogen and oxygen atoms in total. The number of nitrogens with zero attached hydrogens (tertiary/aromatic N) is 2. The van der Waals surface area contributed by atoms with Gasteiger partial charge in [0.25, 0.3) is 0 Å². The maximum absolute atomic E-state index is 13.4. The zero-order chi connectivity index (χ0) is 24.1. The van der Waals surface area contributed by atoms with E-state index in [2.05, 4.69) is 21.2 Å². The first-order valence-electron chi connectivity index (χ1n) is 10.2. The van der Waals surface area contributed by atoms with Gasteiger partial charge in [-0.1, -0.05) is 46.3 Å². The van der Waals surface area contributed by atoms with Crippen molar-refractivity contribution in [2.75, 3.05) is 17.1 Å². The smallest absolute Gasteiger partial charge is 0.244 e. The number of halogens is 1. The molecule has 2 amide bonds. The van der Waals surface area contributed by atoms with E-state index in [1.54, 1.807) is 37.3 Å². The lowest BCUT2D eigenvalue weighted by Crippen LogP contribution is -2.54. The number of hydrogen-bond acceptors (Lipinski definition) is 4. The molecule has 9 heteroatoms. The molecule has 0 fully saturated rings. The predicted molar refractivity (Wildman–Crippen MR) is 131 cm³/mol. The van der Waals surface area contributed by atoms with Crippen LogP contribution in [0.15, 0.2) is 59.1 Å². The molecule has 0 unspecified atom stereocenters. The van der Waals surface area contributed by atoms with Gasteiger partial charge >= 0.3 is 0 Å². The maximum atomic E-state index is 13.4. The second-order valence-electron chi connectivity index (χ2n) is 8.67. The largest absolute Gasteiger partial charge is 0.350 e. The fraction of sp³-hybridized carbons (Fsp3) is 0.391. The van der Waals surface area contributed by atoms with Gasteiger partial charge in [-0.15, -0.1) is 0 Å². The third-order valence-electron chi connectivity index (χ3n) is 4.66. The Hall–Kier alpha value is -2.39. The number of benzene rings is 2. The summed E-state index contributed by atoms with van der Waals surface area (Å²) in [6, 6.07) is 15.0. The maximum Gasteiger partial charge on any atom is 0.244 e. The molecule has 0 bridgehead atoms. The van der Waals surface area contributed by atoms with E-state index in [0.717, 1.165) is 20.6 Å². The van der Waals surface area contributed by atoms with Crippen LogP contribution in [0.2, 0.25) is 0 Å². The number of rotatable bonds is 8. The highest BCUT2D eigenvalue weighted by atomic mass is 79.9. The van der Waals surface area contributed by atoms with Crippen molar-refractivity contribution < 1.29 is 18.0 Å². The number of carbonyl (C=O) groups is 2. The summed E-state index contributed by atoms with van der Waals surface area (Å²) in [4.78, 5) is 27.7. The van der Waals surface area contributed by atoms with Crippen LogP contribution in [0.5, 0.6) is 0 Å². The Bertz CT molecular complexity index is 1040. The molecule has 0 spiro atoms. The quantitative estimate of drug-likeness (QED) is 0.573. The lowest BCUT2D eigenvalue weighted by atomic mass is 10.1. The average molecular weight is 524 g/mol. The second kappa shape index (κ2) is 10.5. The van der Waals surface area contributed by atoms with Crippen LogP contribution in [0.25, 0.3) is 0 Å². The van der Waals surface area contributed by atoms with Crippen LogP contribution in [0.3, 0.4) is 0 Å². The fourth-order valence-electron chi connectivity index (χ4n) is 3.05. The van der Waals surface area contributed by atoms with Crippen LogP contribution in [0.4, 0.5) is 5.69 Å². The van der Waals surface area contributed by atoms with Gasteiger partial charge in [-0.25, -0.2) is 8.42 Å². The van der Waals surface area contributed by atoms with Crippen LogP contribution < -0.4 is 9.62 Å². The predicted octanol–water partition coefficient (Wildman–Crippen LogP) is 3.55. The lowest BCUT2D eigenvalue weighted by molar-refractivity contribution is -0.140. The van der Waals surface area contributed by atoms with Gasteiger partial charge in [-0.3, -0.25) is 13.9 Å². The molecular formula is C23H30BrN3O4S. The number of amides is 2. The highest BCUT2D eigenvalue weighted by molar-refractivity contribution is 9.10. The van der Waals surface area contributed by atoms with E-state index in [9.17, 15) is 18.0 Å². The van der Waals surface area contributed by atoms with Gasteiger partial charge in [-0.2, -0.15) is 0 Å². The van der Waals surface area contributed by atoms with Crippen molar-refractivity contribution in [1.29, 1.82) is 0 Å². The van der Waals surface area contributed by atoms with Crippen molar-refractivity contribution in [3.63, 3.8) is 0 Å². The summed E-state index contributed by atoms with van der Waals surface area (Å²) < 4.78 is 26.8. The molecule has 0 aliphatic carbocycles. The normalized spacial score (nSPS) is 12.7. The van der Waals surface area contributed by atoms with Gasteiger partial charge in [0, 0.05) is 16.6 Å². The van der Waals surface area contributed by atoms with E-state index in [1.165, 1.54) is 4.90 Å². The third-order valence-corrected chi connectivity index (χ3v) is 6.32. The van der Waals surface area contributed by atoms with E-state index in [-0.39, 0.29) is 12.5 Å². The SMILES string of the molecule is C[C@H](C(=O)NC(C)(C)C)N(Cc1ccc(Br)cc1)C(=O)CN(c1ccccc1)S(C)(=O)=O. The molecule has 0 saturated heterocycles. The van der Waals surface area contributed by atoms with Gasteiger partial charge < -0.3 is 10.2 Å². The Morgan fingerprint density at radius 1 is 1.03 bits per heavy atom. The summed E-state index contributed by atoms with van der Waals surface area (Å²) in [5.41, 5.74) is 0.738. The molecule has 0 radical (unpaired) electrons. The van der Waals surface area contributed by atoms with Crippen molar-refractivity contribution in [1.82, 2.24) is 10.2 Å². The fourth-order valence-corrected chi connectivity index (χ4v) is 4.17. The molecular weight excluding hydrogens is 494 g/mol. The van der Waals surface area contributed by atoms with Crippen molar-refractivity contribution in [3.8, 4) is 0 Å². The summed E-state index contributed by atoms with van der Waals surface area (Å²) in [7, 11) is -3.72. The Balaban J connectivity index is 2.36. The first-order valence-corrected chi connectivity index (χ1v) is 12.8. The molecule has 174 valence electrons. The summed E-state index contributed by atoms with van der Waals surface area (Å²) in [6.45, 7) is 6.98. The zero-order valence-electron chi connectivity index (χ0n) is 19.0. The Kier molecular flexibility index (Phi) is 8.47. The van der Waals surface area contributed by atoms with Crippen LogP contribution >= 0.6 is 15.9 Å². The molecule has 0 aromatic heterocycles. The first kappa shape index (κ1) is 25.9. The minimum absolute atomic E-state index is 0.164. The highest BCUT2D eigenvalue weighted by Crippen LogP contribution is 2.19. The third kappa shape index (κ3) is 7.63. The minimum atomic E-state index is -3.72. The van der Waals surface area contributed by atoms with Crippen molar-refractivity contribution in [3.05, 3.63) is 64.6 Å². The van der Waals surface area contributed by atoms with Gasteiger partial charge in [0.2, 0.25) is 21.8 Å². The summed E-state index contributed by atoms with van der Waals surface area (Å²) >= 11 is 3.39. The molecule has 2 rings (SSSR count). The molecule has 2 aromatic rings. The van der Waals surface area contributed by atoms with E-state index in [0.29, 0.717) is 5.69 Å². The van der Waals surface area contributed by atoms with Crippen molar-refractivity contribution >= 4 is 43.5 Å². The lowest BCUT2D eigenvalue weighted by Gasteiger charge is -2.33. The van der Waals surface area contributed by atoms with Gasteiger partial charge in [0.15, 0.2) is 0 Å². The zero-order valence-corrected chi connectivity index (χ0v) is 21.4. The Labute approximate surface area is 199 Å². The molecule has 2 aromatic carbocycles. The molecule has 0 aliphatic heterocycles. The van der Waals surface area contributed by atoms with Crippen molar-refractivity contribution in [2.24, 2.45) is 0 Å². The average Bonchev–Trinajstić information content (AvgIpc) is 2.69.